The van der Waals surface area contributed by atoms with Gasteiger partial charge in [-0.3, -0.25) is 9.69 Å². The van der Waals surface area contributed by atoms with Crippen LogP contribution in [0.1, 0.15) is 109 Å². The zero-order chi connectivity index (χ0) is 29.4. The summed E-state index contributed by atoms with van der Waals surface area (Å²) in [7, 11) is 0. The molecule has 1 amide bonds. The first-order valence-electron chi connectivity index (χ1n) is 15.6. The predicted octanol–water partition coefficient (Wildman–Crippen LogP) is 6.69. The summed E-state index contributed by atoms with van der Waals surface area (Å²) in [6, 6.07) is 3.84. The highest BCUT2D eigenvalue weighted by molar-refractivity contribution is 5.93. The Kier molecular flexibility index (Phi) is 6.17. The minimum absolute atomic E-state index is 0.00566. The fourth-order valence-electron chi connectivity index (χ4n) is 8.07. The van der Waals surface area contributed by atoms with Crippen LogP contribution in [0, 0.1) is 10.8 Å². The number of hydrogen-bond acceptors (Lipinski definition) is 7. The van der Waals surface area contributed by atoms with Gasteiger partial charge in [0, 0.05) is 47.9 Å². The second-order valence-electron chi connectivity index (χ2n) is 15.0. The van der Waals surface area contributed by atoms with Gasteiger partial charge in [0.05, 0.1) is 0 Å². The van der Waals surface area contributed by atoms with Gasteiger partial charge >= 0.3 is 0 Å². The Balaban J connectivity index is 1.14. The molecular weight excluding hydrogens is 531 g/mol. The van der Waals surface area contributed by atoms with E-state index in [2.05, 4.69) is 42.8 Å². The standard InChI is InChI=1S/C33H41FN6O2/c1-5-22-16-36-26(37-17-22)23-6-13-35-24(14-23)40(25(41)15-31-18-33(34,19-31)20-31)21-30-7-10-32(11-8-30,12-9-30)27-38-28(42-39-27)29(2,3)4/h6,13-14,16-17H,5,7-12,15,18-21H2,1-4H3. The van der Waals surface area contributed by atoms with Gasteiger partial charge in [-0.2, -0.15) is 4.98 Å². The van der Waals surface area contributed by atoms with Crippen molar-refractivity contribution in [2.45, 2.75) is 115 Å². The van der Waals surface area contributed by atoms with Crippen molar-refractivity contribution in [2.24, 2.45) is 10.8 Å². The third kappa shape index (κ3) is 4.63. The number of anilines is 1. The molecular formula is C33H41FN6O2. The predicted molar refractivity (Wildman–Crippen MR) is 157 cm³/mol. The minimum Gasteiger partial charge on any atom is -0.339 e. The van der Waals surface area contributed by atoms with Crippen molar-refractivity contribution in [1.29, 1.82) is 0 Å². The molecule has 0 saturated heterocycles. The fraction of sp³-hybridized carbons (Fsp3) is 0.636. The number of alkyl halides is 1. The molecule has 4 bridgehead atoms. The lowest BCUT2D eigenvalue weighted by molar-refractivity contribution is -0.215. The van der Waals surface area contributed by atoms with Crippen LogP contribution in [-0.4, -0.2) is 43.2 Å². The van der Waals surface area contributed by atoms with Crippen molar-refractivity contribution in [3.05, 3.63) is 48.0 Å². The van der Waals surface area contributed by atoms with E-state index in [0.29, 0.717) is 49.8 Å². The lowest BCUT2D eigenvalue weighted by Crippen LogP contribution is -2.65. The monoisotopic (exact) mass is 572 g/mol. The van der Waals surface area contributed by atoms with E-state index in [4.69, 9.17) is 14.5 Å². The third-order valence-corrected chi connectivity index (χ3v) is 10.7. The summed E-state index contributed by atoms with van der Waals surface area (Å²) in [5, 5.41) is 4.45. The normalized spacial score (nSPS) is 31.4. The van der Waals surface area contributed by atoms with Crippen LogP contribution >= 0.6 is 0 Å². The summed E-state index contributed by atoms with van der Waals surface area (Å²) in [4.78, 5) is 34.6. The number of hydrogen-bond donors (Lipinski definition) is 0. The molecule has 0 aromatic carbocycles. The molecule has 0 radical (unpaired) electrons. The molecule has 9 heteroatoms. The number of halogens is 1. The fourth-order valence-corrected chi connectivity index (χ4v) is 8.07. The van der Waals surface area contributed by atoms with Crippen molar-refractivity contribution in [1.82, 2.24) is 25.1 Å². The van der Waals surface area contributed by atoms with Gasteiger partial charge in [0.2, 0.25) is 11.8 Å². The molecule has 6 saturated carbocycles. The molecule has 42 heavy (non-hydrogen) atoms. The first kappa shape index (κ1) is 27.6. The first-order valence-corrected chi connectivity index (χ1v) is 15.6. The van der Waals surface area contributed by atoms with Crippen molar-refractivity contribution in [3.8, 4) is 11.4 Å². The molecule has 6 aliphatic rings. The lowest BCUT2D eigenvalue weighted by atomic mass is 9.41. The summed E-state index contributed by atoms with van der Waals surface area (Å²) in [6.45, 7) is 8.97. The van der Waals surface area contributed by atoms with E-state index in [9.17, 15) is 9.18 Å². The van der Waals surface area contributed by atoms with Crippen LogP contribution in [0.15, 0.2) is 35.2 Å². The Labute approximate surface area is 246 Å². The lowest BCUT2D eigenvalue weighted by Gasteiger charge is -2.66. The van der Waals surface area contributed by atoms with E-state index in [1.165, 1.54) is 0 Å². The van der Waals surface area contributed by atoms with Gasteiger partial charge in [0.15, 0.2) is 11.6 Å². The molecule has 6 fully saturated rings. The maximum Gasteiger partial charge on any atom is 0.232 e. The Morgan fingerprint density at radius 1 is 1.00 bits per heavy atom. The van der Waals surface area contributed by atoms with Gasteiger partial charge in [-0.25, -0.2) is 19.3 Å². The van der Waals surface area contributed by atoms with E-state index in [0.717, 1.165) is 61.9 Å². The Morgan fingerprint density at radius 3 is 2.24 bits per heavy atom. The van der Waals surface area contributed by atoms with Crippen LogP contribution in [0.25, 0.3) is 11.4 Å². The number of rotatable bonds is 8. The van der Waals surface area contributed by atoms with Gasteiger partial charge in [-0.15, -0.1) is 0 Å². The summed E-state index contributed by atoms with van der Waals surface area (Å²) in [5.41, 5.74) is 0.496. The van der Waals surface area contributed by atoms with Crippen molar-refractivity contribution < 1.29 is 13.7 Å². The largest absolute Gasteiger partial charge is 0.339 e. The molecule has 3 heterocycles. The van der Waals surface area contributed by atoms with Crippen molar-refractivity contribution in [3.63, 3.8) is 0 Å². The number of nitrogens with zero attached hydrogens (tertiary/aromatic N) is 6. The number of fused-ring (bicyclic) bond motifs is 3. The van der Waals surface area contributed by atoms with Crippen molar-refractivity contribution >= 4 is 11.7 Å². The van der Waals surface area contributed by atoms with E-state index in [1.807, 2.05) is 29.4 Å². The molecule has 0 spiro atoms. The molecule has 8 nitrogen and oxygen atoms in total. The quantitative estimate of drug-likeness (QED) is 0.297. The maximum absolute atomic E-state index is 14.4. The summed E-state index contributed by atoms with van der Waals surface area (Å²) in [6.07, 6.45) is 14.2. The molecule has 0 unspecified atom stereocenters. The minimum atomic E-state index is -1.03. The van der Waals surface area contributed by atoms with Crippen LogP contribution in [-0.2, 0) is 22.0 Å². The molecule has 3 aromatic rings. The average molecular weight is 573 g/mol. The SMILES string of the molecule is CCc1cnc(-c2ccnc(N(CC34CCC(c5noc(C(C)(C)C)n5)(CC3)CC4)C(=O)CC34CC(F)(C3)C4)c2)nc1. The highest BCUT2D eigenvalue weighted by Crippen LogP contribution is 2.71. The Hall–Kier alpha value is -3.23. The Bertz CT molecular complexity index is 1460. The zero-order valence-electron chi connectivity index (χ0n) is 25.2. The van der Waals surface area contributed by atoms with Gasteiger partial charge in [0.1, 0.15) is 11.5 Å². The summed E-state index contributed by atoms with van der Waals surface area (Å²) in [5.74, 6) is 2.84. The topological polar surface area (TPSA) is 97.9 Å². The molecule has 3 aromatic heterocycles. The van der Waals surface area contributed by atoms with E-state index < -0.39 is 5.67 Å². The van der Waals surface area contributed by atoms with Gasteiger partial charge in [-0.1, -0.05) is 32.9 Å². The highest BCUT2D eigenvalue weighted by atomic mass is 19.1. The number of pyridine rings is 1. The Morgan fingerprint density at radius 2 is 1.67 bits per heavy atom. The summed E-state index contributed by atoms with van der Waals surface area (Å²) >= 11 is 0. The number of aryl methyl sites for hydroxylation is 1. The summed E-state index contributed by atoms with van der Waals surface area (Å²) < 4.78 is 20.0. The second kappa shape index (κ2) is 9.38. The maximum atomic E-state index is 14.4. The molecule has 0 atom stereocenters. The van der Waals surface area contributed by atoms with Gasteiger partial charge in [0.25, 0.3) is 0 Å². The number of carbonyl (C=O) groups is 1. The zero-order valence-corrected chi connectivity index (χ0v) is 25.2. The van der Waals surface area contributed by atoms with Crippen molar-refractivity contribution in [2.75, 3.05) is 11.4 Å². The van der Waals surface area contributed by atoms with Gasteiger partial charge in [-0.05, 0) is 92.7 Å². The highest BCUT2D eigenvalue weighted by Gasteiger charge is 2.69. The van der Waals surface area contributed by atoms with Crippen LogP contribution < -0.4 is 4.90 Å². The van der Waals surface area contributed by atoms with Gasteiger partial charge < -0.3 is 4.52 Å². The van der Waals surface area contributed by atoms with Crippen LogP contribution in [0.5, 0.6) is 0 Å². The molecule has 0 aliphatic heterocycles. The number of aromatic nitrogens is 5. The van der Waals surface area contributed by atoms with E-state index in [-0.39, 0.29) is 27.6 Å². The molecule has 0 N–H and O–H groups in total. The average Bonchev–Trinajstić information content (AvgIpc) is 3.48. The van der Waals surface area contributed by atoms with E-state index >= 15 is 0 Å². The molecule has 222 valence electrons. The van der Waals surface area contributed by atoms with Crippen LogP contribution in [0.4, 0.5) is 10.2 Å². The number of carbonyl (C=O) groups excluding carboxylic acids is 1. The van der Waals surface area contributed by atoms with Crippen LogP contribution in [0.2, 0.25) is 0 Å². The molecule has 9 rings (SSSR count). The van der Waals surface area contributed by atoms with Crippen LogP contribution in [0.3, 0.4) is 0 Å². The van der Waals surface area contributed by atoms with E-state index in [1.54, 1.807) is 6.20 Å². The second-order valence-corrected chi connectivity index (χ2v) is 15.0. The smallest absolute Gasteiger partial charge is 0.232 e. The third-order valence-electron chi connectivity index (χ3n) is 10.7. The number of amides is 1. The first-order chi connectivity index (χ1) is 19.9. The molecule has 6 aliphatic carbocycles.